The summed E-state index contributed by atoms with van der Waals surface area (Å²) in [5.74, 6) is 0.275. The smallest absolute Gasteiger partial charge is 0.246 e. The van der Waals surface area contributed by atoms with E-state index in [4.69, 9.17) is 10.5 Å². The average Bonchev–Trinajstić information content (AvgIpc) is 2.41. The number of benzene rings is 1. The number of anilines is 1. The van der Waals surface area contributed by atoms with Crippen LogP contribution in [0.5, 0.6) is 5.75 Å². The molecule has 0 saturated carbocycles. The highest BCUT2D eigenvalue weighted by Crippen LogP contribution is 2.32. The third-order valence-corrected chi connectivity index (χ3v) is 5.42. The molecule has 20 heavy (non-hydrogen) atoms. The second-order valence-corrected chi connectivity index (χ2v) is 6.93. The number of hydrogen-bond acceptors (Lipinski definition) is 5. The predicted molar refractivity (Wildman–Crippen MR) is 76.1 cm³/mol. The number of piperidine rings is 1. The minimum absolute atomic E-state index is 0.0530. The number of sulfonamides is 1. The molecule has 2 rings (SSSR count). The monoisotopic (exact) mass is 300 g/mol. The number of aryl methyl sites for hydroxylation is 1. The Morgan fingerprint density at radius 1 is 1.45 bits per heavy atom. The molecule has 1 fully saturated rings. The molecule has 1 aromatic rings. The number of nitrogen functional groups attached to an aromatic ring is 1. The second kappa shape index (κ2) is 5.59. The van der Waals surface area contributed by atoms with Crippen molar-refractivity contribution < 1.29 is 18.3 Å². The van der Waals surface area contributed by atoms with Gasteiger partial charge in [0.05, 0.1) is 13.2 Å². The van der Waals surface area contributed by atoms with Gasteiger partial charge in [-0.2, -0.15) is 4.31 Å². The first-order valence-corrected chi connectivity index (χ1v) is 7.92. The van der Waals surface area contributed by atoms with E-state index in [-0.39, 0.29) is 17.2 Å². The number of ether oxygens (including phenoxy) is 1. The lowest BCUT2D eigenvalue weighted by molar-refractivity contribution is 0.108. The SMILES string of the molecule is COc1cc(C)c(N)cc1S(=O)(=O)N1CCC[C@H](O)C1. The summed E-state index contributed by atoms with van der Waals surface area (Å²) in [6.07, 6.45) is 0.649. The molecule has 0 spiro atoms. The molecular formula is C13H20N2O4S. The van der Waals surface area contributed by atoms with Gasteiger partial charge >= 0.3 is 0 Å². The van der Waals surface area contributed by atoms with Crippen LogP contribution in [0.3, 0.4) is 0 Å². The molecule has 0 aromatic heterocycles. The first kappa shape index (κ1) is 15.1. The van der Waals surface area contributed by atoms with Crippen molar-refractivity contribution in [3.05, 3.63) is 17.7 Å². The molecule has 0 bridgehead atoms. The summed E-state index contributed by atoms with van der Waals surface area (Å²) in [4.78, 5) is 0.0530. The largest absolute Gasteiger partial charge is 0.495 e. The fourth-order valence-electron chi connectivity index (χ4n) is 2.32. The maximum Gasteiger partial charge on any atom is 0.246 e. The van der Waals surface area contributed by atoms with E-state index in [9.17, 15) is 13.5 Å². The van der Waals surface area contributed by atoms with Crippen molar-refractivity contribution in [2.45, 2.75) is 30.8 Å². The van der Waals surface area contributed by atoms with Crippen molar-refractivity contribution in [1.29, 1.82) is 0 Å². The van der Waals surface area contributed by atoms with Gasteiger partial charge in [0, 0.05) is 18.8 Å². The van der Waals surface area contributed by atoms with Gasteiger partial charge in [0.15, 0.2) is 0 Å². The van der Waals surface area contributed by atoms with Gasteiger partial charge in [-0.05, 0) is 37.5 Å². The Kier molecular flexibility index (Phi) is 4.22. The van der Waals surface area contributed by atoms with Crippen LogP contribution in [0.25, 0.3) is 0 Å². The summed E-state index contributed by atoms with van der Waals surface area (Å²) < 4.78 is 31.8. The third kappa shape index (κ3) is 2.74. The van der Waals surface area contributed by atoms with Gasteiger partial charge in [-0.1, -0.05) is 0 Å². The van der Waals surface area contributed by atoms with Crippen LogP contribution in [0.1, 0.15) is 18.4 Å². The zero-order valence-electron chi connectivity index (χ0n) is 11.7. The molecule has 0 aliphatic carbocycles. The molecule has 3 N–H and O–H groups in total. The standard InChI is InChI=1S/C13H20N2O4S/c1-9-6-12(19-2)13(7-11(9)14)20(17,18)15-5-3-4-10(16)8-15/h6-7,10,16H,3-5,8,14H2,1-2H3/t10-/m0/s1. The molecule has 6 nitrogen and oxygen atoms in total. The lowest BCUT2D eigenvalue weighted by Crippen LogP contribution is -2.42. The van der Waals surface area contributed by atoms with E-state index in [2.05, 4.69) is 0 Å². The van der Waals surface area contributed by atoms with Crippen molar-refractivity contribution >= 4 is 15.7 Å². The number of hydrogen-bond donors (Lipinski definition) is 2. The van der Waals surface area contributed by atoms with E-state index in [0.717, 1.165) is 5.56 Å². The molecule has 1 heterocycles. The number of rotatable bonds is 3. The normalized spacial score (nSPS) is 20.9. The zero-order chi connectivity index (χ0) is 14.9. The highest BCUT2D eigenvalue weighted by molar-refractivity contribution is 7.89. The summed E-state index contributed by atoms with van der Waals surface area (Å²) in [6, 6.07) is 3.03. The Bertz CT molecular complexity index is 601. The number of aliphatic hydroxyl groups is 1. The Labute approximate surface area is 119 Å². The predicted octanol–water partition coefficient (Wildman–Crippen LogP) is 0.731. The summed E-state index contributed by atoms with van der Waals surface area (Å²) >= 11 is 0. The van der Waals surface area contributed by atoms with Gasteiger partial charge in [-0.25, -0.2) is 8.42 Å². The van der Waals surface area contributed by atoms with Crippen LogP contribution in [0.15, 0.2) is 17.0 Å². The van der Waals surface area contributed by atoms with Gasteiger partial charge in [0.25, 0.3) is 0 Å². The van der Waals surface area contributed by atoms with Crippen LogP contribution in [0.2, 0.25) is 0 Å². The molecule has 0 amide bonds. The first-order chi connectivity index (χ1) is 9.36. The summed E-state index contributed by atoms with van der Waals surface area (Å²) in [7, 11) is -2.28. The van der Waals surface area contributed by atoms with E-state index in [1.54, 1.807) is 13.0 Å². The van der Waals surface area contributed by atoms with Crippen molar-refractivity contribution in [3.8, 4) is 5.75 Å². The minimum Gasteiger partial charge on any atom is -0.495 e. The van der Waals surface area contributed by atoms with Crippen LogP contribution in [-0.2, 0) is 10.0 Å². The van der Waals surface area contributed by atoms with Crippen LogP contribution >= 0.6 is 0 Å². The van der Waals surface area contributed by atoms with Crippen LogP contribution in [-0.4, -0.2) is 44.1 Å². The Hall–Kier alpha value is -1.31. The molecule has 1 aliphatic heterocycles. The molecule has 1 aromatic carbocycles. The number of β-amino-alcohol motifs (C(OH)–C–C–N with tert-alkyl or cyclic N) is 1. The lowest BCUT2D eigenvalue weighted by Gasteiger charge is -2.29. The van der Waals surface area contributed by atoms with Crippen molar-refractivity contribution in [2.24, 2.45) is 0 Å². The Morgan fingerprint density at radius 2 is 2.15 bits per heavy atom. The van der Waals surface area contributed by atoms with Gasteiger partial charge in [-0.15, -0.1) is 0 Å². The molecule has 0 unspecified atom stereocenters. The van der Waals surface area contributed by atoms with E-state index >= 15 is 0 Å². The van der Waals surface area contributed by atoms with Crippen LogP contribution in [0, 0.1) is 6.92 Å². The molecule has 7 heteroatoms. The number of nitrogens with two attached hydrogens (primary N) is 1. The van der Waals surface area contributed by atoms with Gasteiger partial charge in [-0.3, -0.25) is 0 Å². The molecule has 112 valence electrons. The van der Waals surface area contributed by atoms with Crippen LogP contribution in [0.4, 0.5) is 5.69 Å². The van der Waals surface area contributed by atoms with Crippen molar-refractivity contribution in [2.75, 3.05) is 25.9 Å². The average molecular weight is 300 g/mol. The van der Waals surface area contributed by atoms with Gasteiger partial charge in [0.2, 0.25) is 10.0 Å². The molecule has 0 radical (unpaired) electrons. The molecular weight excluding hydrogens is 280 g/mol. The second-order valence-electron chi connectivity index (χ2n) is 5.02. The van der Waals surface area contributed by atoms with E-state index in [0.29, 0.717) is 25.1 Å². The van der Waals surface area contributed by atoms with E-state index < -0.39 is 16.1 Å². The third-order valence-electron chi connectivity index (χ3n) is 3.53. The highest BCUT2D eigenvalue weighted by atomic mass is 32.2. The van der Waals surface area contributed by atoms with E-state index in [1.165, 1.54) is 17.5 Å². The van der Waals surface area contributed by atoms with Crippen LogP contribution < -0.4 is 10.5 Å². The van der Waals surface area contributed by atoms with Crippen molar-refractivity contribution in [1.82, 2.24) is 4.31 Å². The molecule has 1 atom stereocenters. The molecule has 1 saturated heterocycles. The summed E-state index contributed by atoms with van der Waals surface area (Å²) in [5, 5.41) is 9.65. The highest BCUT2D eigenvalue weighted by Gasteiger charge is 2.32. The summed E-state index contributed by atoms with van der Waals surface area (Å²) in [5.41, 5.74) is 6.98. The van der Waals surface area contributed by atoms with Gasteiger partial charge < -0.3 is 15.6 Å². The Morgan fingerprint density at radius 3 is 2.75 bits per heavy atom. The van der Waals surface area contributed by atoms with E-state index in [1.807, 2.05) is 0 Å². The topological polar surface area (TPSA) is 92.9 Å². The summed E-state index contributed by atoms with van der Waals surface area (Å²) in [6.45, 7) is 2.30. The van der Waals surface area contributed by atoms with Crippen molar-refractivity contribution in [3.63, 3.8) is 0 Å². The zero-order valence-corrected chi connectivity index (χ0v) is 12.5. The Balaban J connectivity index is 2.46. The quantitative estimate of drug-likeness (QED) is 0.803. The maximum atomic E-state index is 12.7. The van der Waals surface area contributed by atoms with Gasteiger partial charge in [0.1, 0.15) is 10.6 Å². The first-order valence-electron chi connectivity index (χ1n) is 6.48. The fourth-order valence-corrected chi connectivity index (χ4v) is 4.01. The lowest BCUT2D eigenvalue weighted by atomic mass is 10.1. The number of nitrogens with zero attached hydrogens (tertiary/aromatic N) is 1. The number of methoxy groups -OCH3 is 1. The molecule has 1 aliphatic rings. The fraction of sp³-hybridized carbons (Fsp3) is 0.538. The number of aliphatic hydroxyl groups excluding tert-OH is 1. The maximum absolute atomic E-state index is 12.7. The minimum atomic E-state index is -3.71.